The van der Waals surface area contributed by atoms with E-state index in [0.717, 1.165) is 19.0 Å². The van der Waals surface area contributed by atoms with Gasteiger partial charge in [-0.3, -0.25) is 9.78 Å². The maximum Gasteiger partial charge on any atom is 0.246 e. The zero-order valence-corrected chi connectivity index (χ0v) is 19.1. The molecule has 1 aromatic heterocycles. The molecule has 2 heterocycles. The number of hydrogen-bond acceptors (Lipinski definition) is 4. The van der Waals surface area contributed by atoms with Crippen LogP contribution in [0.4, 0.5) is 5.69 Å². The van der Waals surface area contributed by atoms with Gasteiger partial charge in [0.1, 0.15) is 12.6 Å². The van der Waals surface area contributed by atoms with Crippen LogP contribution in [-0.4, -0.2) is 54.5 Å². The number of nitrogens with one attached hydrogen (secondary N) is 2. The van der Waals surface area contributed by atoms with Gasteiger partial charge in [0.05, 0.1) is 25.0 Å². The molecule has 1 fully saturated rings. The van der Waals surface area contributed by atoms with Gasteiger partial charge < -0.3 is 20.3 Å². The van der Waals surface area contributed by atoms with Gasteiger partial charge in [-0.15, -0.1) is 24.0 Å². The number of carbonyl (C=O) groups is 1. The normalized spacial score (nSPS) is 16.7. The number of benzene rings is 1. The van der Waals surface area contributed by atoms with Crippen LogP contribution in [0.25, 0.3) is 0 Å². The summed E-state index contributed by atoms with van der Waals surface area (Å²) in [6, 6.07) is 11.9. The number of hydrogen-bond donors (Lipinski definition) is 2. The van der Waals surface area contributed by atoms with Gasteiger partial charge in [-0.05, 0) is 37.1 Å². The largest absolute Gasteiger partial charge is 0.370 e. The number of pyridine rings is 1. The molecule has 2 N–H and O–H groups in total. The predicted molar refractivity (Wildman–Crippen MR) is 126 cm³/mol. The number of aromatic nitrogens is 1. The molecule has 1 aliphatic heterocycles. The minimum Gasteiger partial charge on any atom is -0.370 e. The van der Waals surface area contributed by atoms with Crippen molar-refractivity contribution in [3.05, 3.63) is 59.9 Å². The maximum absolute atomic E-state index is 12.2. The Hall–Kier alpha value is -2.20. The van der Waals surface area contributed by atoms with Crippen molar-refractivity contribution in [2.24, 2.45) is 4.99 Å². The summed E-state index contributed by atoms with van der Waals surface area (Å²) in [5.41, 5.74) is 3.07. The first-order valence-corrected chi connectivity index (χ1v) is 9.57. The van der Waals surface area contributed by atoms with E-state index in [-0.39, 0.29) is 42.5 Å². The second-order valence-corrected chi connectivity index (χ2v) is 6.62. The molecule has 1 unspecified atom stereocenters. The van der Waals surface area contributed by atoms with Gasteiger partial charge in [-0.2, -0.15) is 0 Å². The number of nitrogens with zero attached hydrogens (tertiary/aromatic N) is 3. The molecule has 1 saturated heterocycles. The molecule has 2 aromatic rings. The SMILES string of the molecule is CCNC(=NCC(=O)Nc1cccnc1)N1CCOC(c2ccccc2C)C1.I. The smallest absolute Gasteiger partial charge is 0.246 e. The van der Waals surface area contributed by atoms with Crippen LogP contribution in [-0.2, 0) is 9.53 Å². The lowest BCUT2D eigenvalue weighted by molar-refractivity contribution is -0.114. The van der Waals surface area contributed by atoms with E-state index in [1.165, 1.54) is 11.1 Å². The third-order valence-corrected chi connectivity index (χ3v) is 4.55. The fourth-order valence-electron chi connectivity index (χ4n) is 3.19. The summed E-state index contributed by atoms with van der Waals surface area (Å²) in [4.78, 5) is 22.9. The molecule has 1 atom stereocenters. The fourth-order valence-corrected chi connectivity index (χ4v) is 3.19. The van der Waals surface area contributed by atoms with Crippen LogP contribution >= 0.6 is 24.0 Å². The van der Waals surface area contributed by atoms with E-state index in [1.807, 2.05) is 19.1 Å². The number of amides is 1. The van der Waals surface area contributed by atoms with Gasteiger partial charge in [-0.1, -0.05) is 24.3 Å². The molecular weight excluding hydrogens is 481 g/mol. The average Bonchev–Trinajstić information content (AvgIpc) is 2.72. The monoisotopic (exact) mass is 509 g/mol. The summed E-state index contributed by atoms with van der Waals surface area (Å²) in [7, 11) is 0. The molecule has 1 aromatic carbocycles. The van der Waals surface area contributed by atoms with Crippen molar-refractivity contribution in [3.8, 4) is 0 Å². The van der Waals surface area contributed by atoms with Gasteiger partial charge >= 0.3 is 0 Å². The van der Waals surface area contributed by atoms with Crippen LogP contribution in [0.2, 0.25) is 0 Å². The molecule has 0 saturated carbocycles. The quantitative estimate of drug-likeness (QED) is 0.368. The molecule has 7 nitrogen and oxygen atoms in total. The van der Waals surface area contributed by atoms with Gasteiger partial charge in [-0.25, -0.2) is 4.99 Å². The van der Waals surface area contributed by atoms with E-state index < -0.39 is 0 Å². The summed E-state index contributed by atoms with van der Waals surface area (Å²) in [5.74, 6) is 0.554. The molecule has 0 bridgehead atoms. The Morgan fingerprint density at radius 1 is 1.31 bits per heavy atom. The van der Waals surface area contributed by atoms with E-state index in [4.69, 9.17) is 4.74 Å². The molecular formula is C21H28IN5O2. The van der Waals surface area contributed by atoms with Gasteiger partial charge in [0.25, 0.3) is 0 Å². The Bertz CT molecular complexity index is 816. The lowest BCUT2D eigenvalue weighted by Gasteiger charge is -2.35. The van der Waals surface area contributed by atoms with E-state index in [2.05, 4.69) is 44.6 Å². The molecule has 0 radical (unpaired) electrons. The number of morpholine rings is 1. The highest BCUT2D eigenvalue weighted by Crippen LogP contribution is 2.24. The molecule has 156 valence electrons. The average molecular weight is 509 g/mol. The van der Waals surface area contributed by atoms with Crippen LogP contribution in [0.15, 0.2) is 53.8 Å². The molecule has 1 amide bonds. The Labute approximate surface area is 189 Å². The highest BCUT2D eigenvalue weighted by Gasteiger charge is 2.25. The van der Waals surface area contributed by atoms with Crippen molar-refractivity contribution in [3.63, 3.8) is 0 Å². The summed E-state index contributed by atoms with van der Waals surface area (Å²) < 4.78 is 6.00. The minimum atomic E-state index is -0.174. The van der Waals surface area contributed by atoms with Crippen LogP contribution in [0.1, 0.15) is 24.2 Å². The topological polar surface area (TPSA) is 78.8 Å². The minimum absolute atomic E-state index is 0. The van der Waals surface area contributed by atoms with E-state index in [1.54, 1.807) is 24.5 Å². The molecule has 8 heteroatoms. The predicted octanol–water partition coefficient (Wildman–Crippen LogP) is 2.99. The molecule has 0 aliphatic carbocycles. The number of aliphatic imine (C=N–C) groups is 1. The first-order valence-electron chi connectivity index (χ1n) is 9.57. The van der Waals surface area contributed by atoms with E-state index >= 15 is 0 Å². The number of carbonyl (C=O) groups excluding carboxylic acids is 1. The third-order valence-electron chi connectivity index (χ3n) is 4.55. The lowest BCUT2D eigenvalue weighted by Crippen LogP contribution is -2.48. The third kappa shape index (κ3) is 6.67. The number of halogens is 1. The first kappa shape index (κ1) is 23.1. The van der Waals surface area contributed by atoms with Crippen molar-refractivity contribution < 1.29 is 9.53 Å². The standard InChI is InChI=1S/C21H27N5O2.HI/c1-3-23-21(24-14-20(27)25-17-8-6-10-22-13-17)26-11-12-28-19(15-26)18-9-5-4-7-16(18)2;/h4-10,13,19H,3,11-12,14-15H2,1-2H3,(H,23,24)(H,25,27);1H. The van der Waals surface area contributed by atoms with Crippen molar-refractivity contribution >= 4 is 41.5 Å². The number of aryl methyl sites for hydroxylation is 1. The van der Waals surface area contributed by atoms with Crippen LogP contribution in [0, 0.1) is 6.92 Å². The molecule has 3 rings (SSSR count). The number of guanidine groups is 1. The van der Waals surface area contributed by atoms with Crippen molar-refractivity contribution in [2.45, 2.75) is 20.0 Å². The second kappa shape index (κ2) is 11.7. The highest BCUT2D eigenvalue weighted by atomic mass is 127. The van der Waals surface area contributed by atoms with Crippen LogP contribution < -0.4 is 10.6 Å². The Balaban J connectivity index is 0.00000300. The van der Waals surface area contributed by atoms with Gasteiger partial charge in [0.2, 0.25) is 5.91 Å². The molecule has 0 spiro atoms. The Morgan fingerprint density at radius 2 is 2.14 bits per heavy atom. The zero-order chi connectivity index (χ0) is 19.8. The number of ether oxygens (including phenoxy) is 1. The van der Waals surface area contributed by atoms with Gasteiger partial charge in [0.15, 0.2) is 5.96 Å². The molecule has 29 heavy (non-hydrogen) atoms. The Kier molecular flexibility index (Phi) is 9.33. The van der Waals surface area contributed by atoms with Crippen molar-refractivity contribution in [1.29, 1.82) is 0 Å². The van der Waals surface area contributed by atoms with Crippen molar-refractivity contribution in [1.82, 2.24) is 15.2 Å². The zero-order valence-electron chi connectivity index (χ0n) is 16.8. The maximum atomic E-state index is 12.2. The summed E-state index contributed by atoms with van der Waals surface area (Å²) in [5, 5.41) is 6.09. The lowest BCUT2D eigenvalue weighted by atomic mass is 10.0. The van der Waals surface area contributed by atoms with E-state index in [9.17, 15) is 4.79 Å². The molecule has 1 aliphatic rings. The first-order chi connectivity index (χ1) is 13.7. The second-order valence-electron chi connectivity index (χ2n) is 6.62. The van der Waals surface area contributed by atoms with E-state index in [0.29, 0.717) is 18.8 Å². The summed E-state index contributed by atoms with van der Waals surface area (Å²) in [6.07, 6.45) is 3.27. The summed E-state index contributed by atoms with van der Waals surface area (Å²) in [6.45, 7) is 6.94. The van der Waals surface area contributed by atoms with Gasteiger partial charge in [0, 0.05) is 19.3 Å². The van der Waals surface area contributed by atoms with Crippen LogP contribution in [0.5, 0.6) is 0 Å². The summed E-state index contributed by atoms with van der Waals surface area (Å²) >= 11 is 0. The van der Waals surface area contributed by atoms with Crippen molar-refractivity contribution in [2.75, 3.05) is 38.1 Å². The van der Waals surface area contributed by atoms with Crippen LogP contribution in [0.3, 0.4) is 0 Å². The fraction of sp³-hybridized carbons (Fsp3) is 0.381. The Morgan fingerprint density at radius 3 is 2.86 bits per heavy atom. The number of rotatable bonds is 5. The number of anilines is 1. The highest BCUT2D eigenvalue weighted by molar-refractivity contribution is 14.0.